The smallest absolute Gasteiger partial charge is 0.230 e. The molecule has 1 aliphatic heterocycles. The Labute approximate surface area is 188 Å². The molecule has 1 aliphatic rings. The summed E-state index contributed by atoms with van der Waals surface area (Å²) in [6, 6.07) is 10.3. The first-order chi connectivity index (χ1) is 14.8. The number of nitrogens with zero attached hydrogens (tertiary/aromatic N) is 1. The molecule has 1 aromatic heterocycles. The minimum Gasteiger partial charge on any atom is -0.486 e. The maximum Gasteiger partial charge on any atom is 0.230 e. The van der Waals surface area contributed by atoms with Crippen molar-refractivity contribution in [3.05, 3.63) is 52.4 Å². The summed E-state index contributed by atoms with van der Waals surface area (Å²) in [6.07, 6.45) is 1.20. The van der Waals surface area contributed by atoms with Gasteiger partial charge in [0.15, 0.2) is 16.6 Å². The van der Waals surface area contributed by atoms with Crippen LogP contribution in [0.2, 0.25) is 5.02 Å². The van der Waals surface area contributed by atoms with Crippen LogP contribution in [0.1, 0.15) is 5.56 Å². The number of carbonyl (C=O) groups excluding carboxylic acids is 1. The first-order valence-electron chi connectivity index (χ1n) is 9.18. The summed E-state index contributed by atoms with van der Waals surface area (Å²) in [4.78, 5) is 16.9. The number of rotatable bonds is 6. The van der Waals surface area contributed by atoms with Crippen LogP contribution in [-0.4, -0.2) is 38.8 Å². The van der Waals surface area contributed by atoms with E-state index in [0.717, 1.165) is 11.8 Å². The van der Waals surface area contributed by atoms with E-state index >= 15 is 0 Å². The van der Waals surface area contributed by atoms with Crippen molar-refractivity contribution < 1.29 is 22.7 Å². The molecule has 2 N–H and O–H groups in total. The summed E-state index contributed by atoms with van der Waals surface area (Å²) in [7, 11) is -3.33. The molecule has 3 aromatic rings. The summed E-state index contributed by atoms with van der Waals surface area (Å²) in [5.41, 5.74) is 2.65. The van der Waals surface area contributed by atoms with Crippen LogP contribution in [0.25, 0.3) is 11.3 Å². The van der Waals surface area contributed by atoms with Crippen LogP contribution in [0.15, 0.2) is 41.8 Å². The first-order valence-corrected chi connectivity index (χ1v) is 12.3. The number of thiazole rings is 1. The number of ether oxygens (including phenoxy) is 2. The second-order valence-electron chi connectivity index (χ2n) is 6.82. The van der Waals surface area contributed by atoms with E-state index < -0.39 is 10.0 Å². The molecule has 4 rings (SSSR count). The summed E-state index contributed by atoms with van der Waals surface area (Å²) in [5.74, 6) is 0.799. The molecule has 0 spiro atoms. The Bertz CT molecular complexity index is 1230. The Hall–Kier alpha value is -2.82. The molecule has 0 bridgehead atoms. The van der Waals surface area contributed by atoms with E-state index in [0.29, 0.717) is 51.8 Å². The van der Waals surface area contributed by atoms with Gasteiger partial charge in [-0.15, -0.1) is 11.3 Å². The quantitative estimate of drug-likeness (QED) is 0.557. The number of anilines is 2. The lowest BCUT2D eigenvalue weighted by molar-refractivity contribution is -0.115. The number of halogens is 1. The van der Waals surface area contributed by atoms with E-state index in [1.165, 1.54) is 11.3 Å². The van der Waals surface area contributed by atoms with Crippen molar-refractivity contribution >= 4 is 49.7 Å². The van der Waals surface area contributed by atoms with Crippen molar-refractivity contribution in [1.82, 2.24) is 4.98 Å². The fraction of sp³-hybridized carbons (Fsp3) is 0.200. The molecule has 0 radical (unpaired) electrons. The zero-order chi connectivity index (χ0) is 22.0. The predicted molar refractivity (Wildman–Crippen MR) is 121 cm³/mol. The molecule has 0 saturated heterocycles. The van der Waals surface area contributed by atoms with E-state index in [-0.39, 0.29) is 12.3 Å². The number of benzene rings is 2. The van der Waals surface area contributed by atoms with Gasteiger partial charge in [-0.25, -0.2) is 13.4 Å². The average molecular weight is 480 g/mol. The van der Waals surface area contributed by atoms with Gasteiger partial charge in [-0.3, -0.25) is 9.52 Å². The lowest BCUT2D eigenvalue weighted by atomic mass is 10.1. The molecule has 162 valence electrons. The largest absolute Gasteiger partial charge is 0.486 e. The molecule has 0 fully saturated rings. The van der Waals surface area contributed by atoms with Crippen LogP contribution in [0.5, 0.6) is 11.5 Å². The number of fused-ring (bicyclic) bond motifs is 1. The Balaban J connectivity index is 1.41. The highest BCUT2D eigenvalue weighted by molar-refractivity contribution is 7.92. The molecule has 0 atom stereocenters. The maximum absolute atomic E-state index is 12.5. The standard InChI is InChI=1S/C20H18ClN3O5S2/c1-31(26,27)24-14-4-2-13(3-5-14)16-11-30-20(22-16)23-18(25)10-12-8-15(21)19-17(9-12)28-6-7-29-19/h2-5,8-9,11,24H,6-7,10H2,1H3,(H,22,23,25). The normalized spacial score (nSPS) is 13.0. The van der Waals surface area contributed by atoms with Gasteiger partial charge < -0.3 is 14.8 Å². The molecular formula is C20H18ClN3O5S2. The molecule has 2 aromatic carbocycles. The van der Waals surface area contributed by atoms with Gasteiger partial charge in [0.1, 0.15) is 13.2 Å². The molecular weight excluding hydrogens is 462 g/mol. The van der Waals surface area contributed by atoms with Gasteiger partial charge in [-0.05, 0) is 29.8 Å². The second-order valence-corrected chi connectivity index (χ2v) is 9.83. The number of aromatic nitrogens is 1. The molecule has 0 aliphatic carbocycles. The van der Waals surface area contributed by atoms with Gasteiger partial charge in [0.25, 0.3) is 0 Å². The number of carbonyl (C=O) groups is 1. The van der Waals surface area contributed by atoms with Crippen LogP contribution in [0.3, 0.4) is 0 Å². The molecule has 8 nitrogen and oxygen atoms in total. The highest BCUT2D eigenvalue weighted by Crippen LogP contribution is 2.38. The fourth-order valence-corrected chi connectivity index (χ4v) is 4.59. The Morgan fingerprint density at radius 3 is 2.68 bits per heavy atom. The van der Waals surface area contributed by atoms with E-state index in [1.54, 1.807) is 36.4 Å². The average Bonchev–Trinajstić information content (AvgIpc) is 3.15. The van der Waals surface area contributed by atoms with E-state index in [9.17, 15) is 13.2 Å². The Kier molecular flexibility index (Phi) is 6.03. The second kappa shape index (κ2) is 8.74. The van der Waals surface area contributed by atoms with Crippen molar-refractivity contribution in [3.8, 4) is 22.8 Å². The minimum atomic E-state index is -3.33. The third-order valence-corrected chi connectivity index (χ3v) is 5.90. The lowest BCUT2D eigenvalue weighted by Gasteiger charge is -2.20. The minimum absolute atomic E-state index is 0.108. The van der Waals surface area contributed by atoms with Gasteiger partial charge in [0.05, 0.1) is 23.4 Å². The van der Waals surface area contributed by atoms with Gasteiger partial charge in [0, 0.05) is 16.6 Å². The highest BCUT2D eigenvalue weighted by atomic mass is 35.5. The lowest BCUT2D eigenvalue weighted by Crippen LogP contribution is -2.17. The molecule has 1 amide bonds. The van der Waals surface area contributed by atoms with Gasteiger partial charge >= 0.3 is 0 Å². The zero-order valence-corrected chi connectivity index (χ0v) is 18.7. The zero-order valence-electron chi connectivity index (χ0n) is 16.3. The van der Waals surface area contributed by atoms with Crippen molar-refractivity contribution in [3.63, 3.8) is 0 Å². The molecule has 0 saturated carbocycles. The third-order valence-electron chi connectivity index (χ3n) is 4.26. The van der Waals surface area contributed by atoms with Crippen LogP contribution < -0.4 is 19.5 Å². The fourth-order valence-electron chi connectivity index (χ4n) is 3.00. The number of amides is 1. The molecule has 31 heavy (non-hydrogen) atoms. The third kappa shape index (κ3) is 5.46. The number of hydrogen-bond acceptors (Lipinski definition) is 7. The predicted octanol–water partition coefficient (Wildman–Crippen LogP) is 3.79. The summed E-state index contributed by atoms with van der Waals surface area (Å²) in [6.45, 7) is 0.877. The van der Waals surface area contributed by atoms with Gasteiger partial charge in [0.2, 0.25) is 15.9 Å². The summed E-state index contributed by atoms with van der Waals surface area (Å²) < 4.78 is 36.0. The summed E-state index contributed by atoms with van der Waals surface area (Å²) in [5, 5.41) is 5.47. The van der Waals surface area contributed by atoms with Crippen LogP contribution >= 0.6 is 22.9 Å². The summed E-state index contributed by atoms with van der Waals surface area (Å²) >= 11 is 7.52. The van der Waals surface area contributed by atoms with Crippen LogP contribution in [0, 0.1) is 0 Å². The van der Waals surface area contributed by atoms with Crippen molar-refractivity contribution in [2.24, 2.45) is 0 Å². The highest BCUT2D eigenvalue weighted by Gasteiger charge is 2.18. The first kappa shape index (κ1) is 21.4. The molecule has 0 unspecified atom stereocenters. The number of hydrogen-bond donors (Lipinski definition) is 2. The van der Waals surface area contributed by atoms with Gasteiger partial charge in [-0.2, -0.15) is 0 Å². The van der Waals surface area contributed by atoms with E-state index in [1.807, 2.05) is 5.38 Å². The van der Waals surface area contributed by atoms with Crippen molar-refractivity contribution in [2.45, 2.75) is 6.42 Å². The molecule has 11 heteroatoms. The Morgan fingerprint density at radius 1 is 1.19 bits per heavy atom. The number of sulfonamides is 1. The van der Waals surface area contributed by atoms with Crippen LogP contribution in [0.4, 0.5) is 10.8 Å². The van der Waals surface area contributed by atoms with Crippen molar-refractivity contribution in [2.75, 3.05) is 29.5 Å². The Morgan fingerprint density at radius 2 is 1.94 bits per heavy atom. The SMILES string of the molecule is CS(=O)(=O)Nc1ccc(-c2csc(NC(=O)Cc3cc(Cl)c4c(c3)OCCO4)n2)cc1. The molecule has 2 heterocycles. The monoisotopic (exact) mass is 479 g/mol. The van der Waals surface area contributed by atoms with E-state index in [2.05, 4.69) is 15.0 Å². The van der Waals surface area contributed by atoms with Gasteiger partial charge in [-0.1, -0.05) is 23.7 Å². The number of nitrogens with one attached hydrogen (secondary N) is 2. The van der Waals surface area contributed by atoms with Crippen LogP contribution in [-0.2, 0) is 21.2 Å². The van der Waals surface area contributed by atoms with E-state index in [4.69, 9.17) is 21.1 Å². The van der Waals surface area contributed by atoms with Crippen molar-refractivity contribution in [1.29, 1.82) is 0 Å². The topological polar surface area (TPSA) is 107 Å². The maximum atomic E-state index is 12.5.